The number of Topliss-reactive ketones (excluding diaryl/α,β-unsaturated/α-hetero) is 1. The van der Waals surface area contributed by atoms with E-state index in [9.17, 15) is 4.79 Å². The summed E-state index contributed by atoms with van der Waals surface area (Å²) in [5, 5.41) is 6.13. The van der Waals surface area contributed by atoms with E-state index in [0.29, 0.717) is 6.42 Å². The Morgan fingerprint density at radius 2 is 2.33 bits per heavy atom. The van der Waals surface area contributed by atoms with E-state index in [1.807, 2.05) is 17.5 Å². The van der Waals surface area contributed by atoms with Crippen molar-refractivity contribution in [3.8, 4) is 0 Å². The third kappa shape index (κ3) is 2.21. The van der Waals surface area contributed by atoms with Gasteiger partial charge < -0.3 is 5.32 Å². The summed E-state index contributed by atoms with van der Waals surface area (Å²) >= 11 is 1.54. The van der Waals surface area contributed by atoms with E-state index in [1.54, 1.807) is 17.5 Å². The zero-order chi connectivity index (χ0) is 12.4. The lowest BCUT2D eigenvalue weighted by molar-refractivity contribution is -0.119. The molecule has 92 valence electrons. The highest BCUT2D eigenvalue weighted by atomic mass is 32.1. The van der Waals surface area contributed by atoms with Crippen LogP contribution in [0.2, 0.25) is 0 Å². The van der Waals surface area contributed by atoms with Crippen molar-refractivity contribution in [1.82, 2.24) is 10.3 Å². The zero-order valence-corrected chi connectivity index (χ0v) is 10.7. The first-order valence-electron chi connectivity index (χ1n) is 6.04. The summed E-state index contributed by atoms with van der Waals surface area (Å²) < 4.78 is 0. The molecule has 0 aliphatic carbocycles. The Kier molecular flexibility index (Phi) is 3.21. The molecule has 3 rings (SSSR count). The average molecular weight is 258 g/mol. The summed E-state index contributed by atoms with van der Waals surface area (Å²) in [6.45, 7) is 1.60. The standard InChI is InChI=1S/C14H14N2OS/c17-13(7-14-16-5-6-18-14)12-9-15-8-10-3-1-2-4-11(10)12/h1-6,12,15H,7-9H2. The second kappa shape index (κ2) is 5.00. The fraction of sp³-hybridized carbons (Fsp3) is 0.286. The van der Waals surface area contributed by atoms with Crippen LogP contribution in [0.25, 0.3) is 0 Å². The first-order valence-corrected chi connectivity index (χ1v) is 6.92. The van der Waals surface area contributed by atoms with Gasteiger partial charge in [0.2, 0.25) is 0 Å². The van der Waals surface area contributed by atoms with Crippen LogP contribution < -0.4 is 5.32 Å². The lowest BCUT2D eigenvalue weighted by Crippen LogP contribution is -2.33. The van der Waals surface area contributed by atoms with Crippen LogP contribution in [0.5, 0.6) is 0 Å². The normalized spacial score (nSPS) is 18.3. The molecule has 0 bridgehead atoms. The Hall–Kier alpha value is -1.52. The first kappa shape index (κ1) is 11.6. The SMILES string of the molecule is O=C(Cc1nccs1)C1CNCc2ccccc21. The molecule has 0 radical (unpaired) electrons. The number of aromatic nitrogens is 1. The molecule has 1 unspecified atom stereocenters. The summed E-state index contributed by atoms with van der Waals surface area (Å²) in [6, 6.07) is 8.19. The van der Waals surface area contributed by atoms with Gasteiger partial charge >= 0.3 is 0 Å². The minimum absolute atomic E-state index is 0.0288. The van der Waals surface area contributed by atoms with Crippen molar-refractivity contribution in [2.75, 3.05) is 6.54 Å². The first-order chi connectivity index (χ1) is 8.84. The zero-order valence-electron chi connectivity index (χ0n) is 9.93. The van der Waals surface area contributed by atoms with Gasteiger partial charge in [-0.15, -0.1) is 11.3 Å². The Bertz CT molecular complexity index is 551. The molecule has 3 nitrogen and oxygen atoms in total. The van der Waals surface area contributed by atoms with Gasteiger partial charge in [-0.1, -0.05) is 24.3 Å². The molecule has 2 aromatic rings. The van der Waals surface area contributed by atoms with Crippen LogP contribution >= 0.6 is 11.3 Å². The van der Waals surface area contributed by atoms with Crippen LogP contribution in [-0.4, -0.2) is 17.3 Å². The molecule has 0 spiro atoms. The van der Waals surface area contributed by atoms with Gasteiger partial charge in [0.15, 0.2) is 0 Å². The van der Waals surface area contributed by atoms with Gasteiger partial charge in [-0.05, 0) is 11.1 Å². The van der Waals surface area contributed by atoms with Crippen LogP contribution in [0.4, 0.5) is 0 Å². The molecule has 4 heteroatoms. The molecule has 2 heterocycles. The largest absolute Gasteiger partial charge is 0.312 e. The highest BCUT2D eigenvalue weighted by Crippen LogP contribution is 2.25. The van der Waals surface area contributed by atoms with Crippen LogP contribution in [0.3, 0.4) is 0 Å². The number of fused-ring (bicyclic) bond motifs is 1. The molecule has 0 saturated carbocycles. The minimum atomic E-state index is -0.0288. The van der Waals surface area contributed by atoms with Gasteiger partial charge in [-0.2, -0.15) is 0 Å². The van der Waals surface area contributed by atoms with Crippen LogP contribution in [0, 0.1) is 0 Å². The number of thiazole rings is 1. The van der Waals surface area contributed by atoms with Gasteiger partial charge in [0.25, 0.3) is 0 Å². The molecule has 1 aliphatic heterocycles. The monoisotopic (exact) mass is 258 g/mol. The summed E-state index contributed by atoms with van der Waals surface area (Å²) in [7, 11) is 0. The molecular formula is C14H14N2OS. The highest BCUT2D eigenvalue weighted by molar-refractivity contribution is 7.09. The van der Waals surface area contributed by atoms with Gasteiger partial charge in [-0.3, -0.25) is 4.79 Å². The predicted molar refractivity (Wildman–Crippen MR) is 71.7 cm³/mol. The third-order valence-corrected chi connectivity index (χ3v) is 4.07. The number of ketones is 1. The van der Waals surface area contributed by atoms with E-state index < -0.39 is 0 Å². The number of benzene rings is 1. The highest BCUT2D eigenvalue weighted by Gasteiger charge is 2.26. The van der Waals surface area contributed by atoms with Gasteiger partial charge in [0, 0.05) is 24.7 Å². The second-order valence-corrected chi connectivity index (χ2v) is 5.43. The van der Waals surface area contributed by atoms with Crippen molar-refractivity contribution in [3.05, 3.63) is 52.0 Å². The molecule has 1 aromatic carbocycles. The van der Waals surface area contributed by atoms with Crippen LogP contribution in [-0.2, 0) is 17.8 Å². The van der Waals surface area contributed by atoms with Crippen molar-refractivity contribution < 1.29 is 4.79 Å². The van der Waals surface area contributed by atoms with Gasteiger partial charge in [0.05, 0.1) is 17.3 Å². The molecule has 0 saturated heterocycles. The summed E-state index contributed by atoms with van der Waals surface area (Å²) in [5.41, 5.74) is 2.42. The number of nitrogens with one attached hydrogen (secondary N) is 1. The maximum atomic E-state index is 12.4. The number of rotatable bonds is 3. The minimum Gasteiger partial charge on any atom is -0.312 e. The molecular weight excluding hydrogens is 244 g/mol. The van der Waals surface area contributed by atoms with Gasteiger partial charge in [-0.25, -0.2) is 4.98 Å². The van der Waals surface area contributed by atoms with E-state index in [-0.39, 0.29) is 11.7 Å². The number of carbonyl (C=O) groups is 1. The summed E-state index contributed by atoms with van der Waals surface area (Å²) in [4.78, 5) is 16.5. The Morgan fingerprint density at radius 3 is 3.17 bits per heavy atom. The molecule has 1 N–H and O–H groups in total. The number of carbonyl (C=O) groups excluding carboxylic acids is 1. The lowest BCUT2D eigenvalue weighted by Gasteiger charge is -2.25. The Morgan fingerprint density at radius 1 is 1.44 bits per heavy atom. The van der Waals surface area contributed by atoms with E-state index >= 15 is 0 Å². The van der Waals surface area contributed by atoms with Gasteiger partial charge in [0.1, 0.15) is 5.78 Å². The number of nitrogens with zero attached hydrogens (tertiary/aromatic N) is 1. The van der Waals surface area contributed by atoms with E-state index in [0.717, 1.165) is 18.1 Å². The lowest BCUT2D eigenvalue weighted by atomic mass is 9.87. The van der Waals surface area contributed by atoms with E-state index in [2.05, 4.69) is 22.4 Å². The maximum Gasteiger partial charge on any atom is 0.148 e. The molecule has 18 heavy (non-hydrogen) atoms. The summed E-state index contributed by atoms with van der Waals surface area (Å²) in [5.74, 6) is 0.225. The topological polar surface area (TPSA) is 42.0 Å². The summed E-state index contributed by atoms with van der Waals surface area (Å²) in [6.07, 6.45) is 2.19. The van der Waals surface area contributed by atoms with Crippen molar-refractivity contribution in [3.63, 3.8) is 0 Å². The fourth-order valence-corrected chi connectivity index (χ4v) is 3.02. The molecule has 1 aromatic heterocycles. The van der Waals surface area contributed by atoms with Crippen molar-refractivity contribution >= 4 is 17.1 Å². The van der Waals surface area contributed by atoms with Crippen molar-refractivity contribution in [1.29, 1.82) is 0 Å². The molecule has 0 fully saturated rings. The van der Waals surface area contributed by atoms with E-state index in [4.69, 9.17) is 0 Å². The second-order valence-electron chi connectivity index (χ2n) is 4.45. The van der Waals surface area contributed by atoms with E-state index in [1.165, 1.54) is 11.1 Å². The van der Waals surface area contributed by atoms with Crippen LogP contribution in [0.1, 0.15) is 22.1 Å². The van der Waals surface area contributed by atoms with Crippen molar-refractivity contribution in [2.45, 2.75) is 18.9 Å². The van der Waals surface area contributed by atoms with Crippen molar-refractivity contribution in [2.24, 2.45) is 0 Å². The molecule has 1 aliphatic rings. The third-order valence-electron chi connectivity index (χ3n) is 3.29. The molecule has 1 atom stereocenters. The Labute approximate surface area is 110 Å². The fourth-order valence-electron chi connectivity index (χ4n) is 2.40. The maximum absolute atomic E-state index is 12.4. The number of hydrogen-bond acceptors (Lipinski definition) is 4. The quantitative estimate of drug-likeness (QED) is 0.917. The number of hydrogen-bond donors (Lipinski definition) is 1. The Balaban J connectivity index is 1.83. The molecule has 0 amide bonds. The predicted octanol–water partition coefficient (Wildman–Crippen LogP) is 2.14. The average Bonchev–Trinajstić information content (AvgIpc) is 2.91. The smallest absolute Gasteiger partial charge is 0.148 e. The van der Waals surface area contributed by atoms with Crippen LogP contribution in [0.15, 0.2) is 35.8 Å².